The van der Waals surface area contributed by atoms with Gasteiger partial charge >= 0.3 is 0 Å². The Morgan fingerprint density at radius 2 is 1.88 bits per heavy atom. The molecular formula is C18H28N4O2. The van der Waals surface area contributed by atoms with E-state index in [9.17, 15) is 9.59 Å². The second kappa shape index (κ2) is 5.90. The Kier molecular flexibility index (Phi) is 4.18. The zero-order valence-corrected chi connectivity index (χ0v) is 15.1. The van der Waals surface area contributed by atoms with E-state index in [0.29, 0.717) is 18.2 Å². The third-order valence-corrected chi connectivity index (χ3v) is 5.13. The van der Waals surface area contributed by atoms with Gasteiger partial charge in [0, 0.05) is 24.2 Å². The van der Waals surface area contributed by atoms with Crippen molar-refractivity contribution >= 4 is 11.8 Å². The lowest BCUT2D eigenvalue weighted by atomic mass is 9.92. The Bertz CT molecular complexity index is 654. The van der Waals surface area contributed by atoms with E-state index in [2.05, 4.69) is 25.9 Å². The summed E-state index contributed by atoms with van der Waals surface area (Å²) in [5.74, 6) is -0.134. The maximum absolute atomic E-state index is 13.0. The van der Waals surface area contributed by atoms with Gasteiger partial charge in [0.2, 0.25) is 5.91 Å². The van der Waals surface area contributed by atoms with Crippen LogP contribution in [-0.2, 0) is 10.3 Å². The number of nitrogens with zero attached hydrogens (tertiary/aromatic N) is 3. The summed E-state index contributed by atoms with van der Waals surface area (Å²) in [6.07, 6.45) is 3.89. The van der Waals surface area contributed by atoms with Crippen molar-refractivity contribution in [2.24, 2.45) is 11.7 Å². The number of aromatic nitrogens is 2. The molecule has 6 heteroatoms. The number of hydrogen-bond donors (Lipinski definition) is 1. The Morgan fingerprint density at radius 3 is 2.42 bits per heavy atom. The molecule has 0 bridgehead atoms. The van der Waals surface area contributed by atoms with Crippen LogP contribution in [0.5, 0.6) is 0 Å². The van der Waals surface area contributed by atoms with Crippen LogP contribution >= 0.6 is 0 Å². The van der Waals surface area contributed by atoms with Crippen LogP contribution in [0.3, 0.4) is 0 Å². The Hall–Kier alpha value is -1.85. The molecule has 1 aliphatic carbocycles. The minimum absolute atomic E-state index is 0.0849. The summed E-state index contributed by atoms with van der Waals surface area (Å²) >= 11 is 0. The van der Waals surface area contributed by atoms with Gasteiger partial charge in [0.25, 0.3) is 5.91 Å². The number of primary amides is 1. The average Bonchev–Trinajstić information content (AvgIpc) is 3.23. The van der Waals surface area contributed by atoms with Gasteiger partial charge in [0.1, 0.15) is 0 Å². The minimum Gasteiger partial charge on any atom is -0.369 e. The van der Waals surface area contributed by atoms with Crippen molar-refractivity contribution in [3.63, 3.8) is 0 Å². The quantitative estimate of drug-likeness (QED) is 0.921. The van der Waals surface area contributed by atoms with Gasteiger partial charge in [-0.2, -0.15) is 5.10 Å². The molecule has 2 N–H and O–H groups in total. The molecule has 2 atom stereocenters. The second-order valence-corrected chi connectivity index (χ2v) is 8.29. The largest absolute Gasteiger partial charge is 0.369 e. The minimum atomic E-state index is -0.321. The molecule has 6 nitrogen and oxygen atoms in total. The highest BCUT2D eigenvalue weighted by atomic mass is 16.2. The fourth-order valence-corrected chi connectivity index (χ4v) is 3.48. The third-order valence-electron chi connectivity index (χ3n) is 5.13. The van der Waals surface area contributed by atoms with Crippen molar-refractivity contribution in [3.05, 3.63) is 17.5 Å². The summed E-state index contributed by atoms with van der Waals surface area (Å²) < 4.78 is 2.00. The first-order chi connectivity index (χ1) is 11.2. The van der Waals surface area contributed by atoms with Crippen LogP contribution in [0.2, 0.25) is 0 Å². The van der Waals surface area contributed by atoms with Gasteiger partial charge in [-0.3, -0.25) is 14.3 Å². The van der Waals surface area contributed by atoms with Gasteiger partial charge < -0.3 is 10.6 Å². The molecule has 24 heavy (non-hydrogen) atoms. The topological polar surface area (TPSA) is 81.2 Å². The van der Waals surface area contributed by atoms with E-state index < -0.39 is 0 Å². The average molecular weight is 332 g/mol. The van der Waals surface area contributed by atoms with Crippen LogP contribution in [0.25, 0.3) is 0 Å². The lowest BCUT2D eigenvalue weighted by Crippen LogP contribution is -2.48. The van der Waals surface area contributed by atoms with Gasteiger partial charge in [0.05, 0.1) is 11.5 Å². The molecule has 1 saturated heterocycles. The Labute approximate surface area is 143 Å². The molecule has 1 saturated carbocycles. The fourth-order valence-electron chi connectivity index (χ4n) is 3.48. The Morgan fingerprint density at radius 1 is 1.21 bits per heavy atom. The van der Waals surface area contributed by atoms with Crippen molar-refractivity contribution in [2.75, 3.05) is 6.54 Å². The number of carbonyl (C=O) groups is 2. The highest BCUT2D eigenvalue weighted by molar-refractivity contribution is 5.93. The molecule has 3 rings (SSSR count). The number of amides is 2. The first-order valence-corrected chi connectivity index (χ1v) is 8.89. The molecule has 2 heterocycles. The van der Waals surface area contributed by atoms with Crippen LogP contribution in [0.1, 0.15) is 75.5 Å². The number of carbonyl (C=O) groups excluding carboxylic acids is 2. The molecule has 0 aromatic carbocycles. The monoisotopic (exact) mass is 332 g/mol. The summed E-state index contributed by atoms with van der Waals surface area (Å²) in [5.41, 5.74) is 6.94. The molecule has 2 unspecified atom stereocenters. The first-order valence-electron chi connectivity index (χ1n) is 8.89. The van der Waals surface area contributed by atoms with E-state index in [4.69, 9.17) is 5.73 Å². The predicted octanol–water partition coefficient (Wildman–Crippen LogP) is 2.24. The lowest BCUT2D eigenvalue weighted by molar-refractivity contribution is -0.123. The normalized spacial score (nSPS) is 24.9. The maximum Gasteiger partial charge on any atom is 0.274 e. The maximum atomic E-state index is 13.0. The van der Waals surface area contributed by atoms with Crippen molar-refractivity contribution in [1.29, 1.82) is 0 Å². The summed E-state index contributed by atoms with van der Waals surface area (Å²) in [7, 11) is 0. The highest BCUT2D eigenvalue weighted by Gasteiger charge is 2.36. The highest BCUT2D eigenvalue weighted by Crippen LogP contribution is 2.42. The number of hydrogen-bond acceptors (Lipinski definition) is 3. The van der Waals surface area contributed by atoms with Crippen LogP contribution < -0.4 is 5.73 Å². The lowest BCUT2D eigenvalue weighted by Gasteiger charge is -2.36. The Balaban J connectivity index is 1.88. The molecule has 1 aliphatic heterocycles. The standard InChI is InChI=1S/C18H28N4O2/c1-11-5-6-13(16(19)23)10-21(11)17(24)14-9-15(12-7-8-12)22(20-14)18(2,3)4/h9,11-13H,5-8,10H2,1-4H3,(H2,19,23). The molecule has 2 aliphatic rings. The van der Waals surface area contributed by atoms with Crippen LogP contribution in [0.4, 0.5) is 0 Å². The zero-order chi connectivity index (χ0) is 17.6. The molecule has 1 aromatic heterocycles. The van der Waals surface area contributed by atoms with Gasteiger partial charge in [-0.25, -0.2) is 0 Å². The molecule has 1 aromatic rings. The summed E-state index contributed by atoms with van der Waals surface area (Å²) in [5, 5.41) is 4.63. The van der Waals surface area contributed by atoms with E-state index in [-0.39, 0.29) is 29.3 Å². The summed E-state index contributed by atoms with van der Waals surface area (Å²) in [4.78, 5) is 26.3. The van der Waals surface area contributed by atoms with Crippen molar-refractivity contribution < 1.29 is 9.59 Å². The summed E-state index contributed by atoms with van der Waals surface area (Å²) in [6.45, 7) is 8.74. The van der Waals surface area contributed by atoms with E-state index in [1.165, 1.54) is 12.8 Å². The molecular weight excluding hydrogens is 304 g/mol. The third kappa shape index (κ3) is 3.19. The van der Waals surface area contributed by atoms with Crippen molar-refractivity contribution in [3.8, 4) is 0 Å². The zero-order valence-electron chi connectivity index (χ0n) is 15.1. The van der Waals surface area contributed by atoms with Gasteiger partial charge in [0.15, 0.2) is 5.69 Å². The van der Waals surface area contributed by atoms with E-state index in [1.807, 2.05) is 17.7 Å². The number of likely N-dealkylation sites (tertiary alicyclic amines) is 1. The smallest absolute Gasteiger partial charge is 0.274 e. The molecule has 2 amide bonds. The van der Waals surface area contributed by atoms with E-state index in [1.54, 1.807) is 4.90 Å². The predicted molar refractivity (Wildman–Crippen MR) is 91.6 cm³/mol. The van der Waals surface area contributed by atoms with E-state index in [0.717, 1.165) is 18.5 Å². The van der Waals surface area contributed by atoms with Crippen LogP contribution in [-0.4, -0.2) is 39.1 Å². The second-order valence-electron chi connectivity index (χ2n) is 8.29. The SMILES string of the molecule is CC1CCC(C(N)=O)CN1C(=O)c1cc(C2CC2)n(C(C)(C)C)n1. The number of piperidine rings is 1. The number of rotatable bonds is 3. The van der Waals surface area contributed by atoms with Crippen molar-refractivity contribution in [2.45, 2.75) is 70.9 Å². The van der Waals surface area contributed by atoms with Crippen LogP contribution in [0.15, 0.2) is 6.07 Å². The fraction of sp³-hybridized carbons (Fsp3) is 0.722. The summed E-state index contributed by atoms with van der Waals surface area (Å²) in [6, 6.07) is 2.06. The first kappa shape index (κ1) is 17.0. The van der Waals surface area contributed by atoms with Crippen LogP contribution in [0, 0.1) is 5.92 Å². The van der Waals surface area contributed by atoms with E-state index >= 15 is 0 Å². The van der Waals surface area contributed by atoms with Gasteiger partial charge in [-0.15, -0.1) is 0 Å². The van der Waals surface area contributed by atoms with Gasteiger partial charge in [-0.05, 0) is 59.4 Å². The number of nitrogens with two attached hydrogens (primary N) is 1. The molecule has 0 radical (unpaired) electrons. The molecule has 2 fully saturated rings. The van der Waals surface area contributed by atoms with Gasteiger partial charge in [-0.1, -0.05) is 0 Å². The molecule has 132 valence electrons. The molecule has 0 spiro atoms. The van der Waals surface area contributed by atoms with Crippen molar-refractivity contribution in [1.82, 2.24) is 14.7 Å².